The van der Waals surface area contributed by atoms with Gasteiger partial charge in [-0.1, -0.05) is 23.7 Å². The Bertz CT molecular complexity index is 734. The van der Waals surface area contributed by atoms with E-state index in [1.165, 1.54) is 12.1 Å². The van der Waals surface area contributed by atoms with Crippen LogP contribution in [0.1, 0.15) is 5.56 Å². The van der Waals surface area contributed by atoms with Gasteiger partial charge in [-0.25, -0.2) is 9.37 Å². The number of fused-ring (bicyclic) bond motifs is 1. The van der Waals surface area contributed by atoms with Gasteiger partial charge in [0, 0.05) is 5.56 Å². The SMILES string of the molecule is Cc1ccc(F)cc1-c1nc2c(Cl)cccc2[nH]1. The topological polar surface area (TPSA) is 28.7 Å². The molecule has 0 aliphatic carbocycles. The predicted octanol–water partition coefficient (Wildman–Crippen LogP) is 4.33. The van der Waals surface area contributed by atoms with Gasteiger partial charge in [-0.15, -0.1) is 0 Å². The molecule has 90 valence electrons. The number of aromatic nitrogens is 2. The van der Waals surface area contributed by atoms with Crippen molar-refractivity contribution < 1.29 is 4.39 Å². The molecule has 0 radical (unpaired) electrons. The van der Waals surface area contributed by atoms with Crippen molar-refractivity contribution >= 4 is 22.6 Å². The fraction of sp³-hybridized carbons (Fsp3) is 0.0714. The van der Waals surface area contributed by atoms with Crippen molar-refractivity contribution in [2.45, 2.75) is 6.92 Å². The molecule has 4 heteroatoms. The Labute approximate surface area is 108 Å². The molecule has 3 rings (SSSR count). The van der Waals surface area contributed by atoms with Crippen molar-refractivity contribution in [2.24, 2.45) is 0 Å². The summed E-state index contributed by atoms with van der Waals surface area (Å²) >= 11 is 6.07. The number of aromatic amines is 1. The average Bonchev–Trinajstić information content (AvgIpc) is 2.77. The van der Waals surface area contributed by atoms with Crippen molar-refractivity contribution in [3.63, 3.8) is 0 Å². The molecule has 1 heterocycles. The first kappa shape index (κ1) is 11.2. The van der Waals surface area contributed by atoms with E-state index in [0.717, 1.165) is 16.6 Å². The number of nitrogens with zero attached hydrogens (tertiary/aromatic N) is 1. The molecular formula is C14H10ClFN2. The zero-order chi connectivity index (χ0) is 12.7. The number of rotatable bonds is 1. The highest BCUT2D eigenvalue weighted by molar-refractivity contribution is 6.35. The molecule has 1 N–H and O–H groups in total. The summed E-state index contributed by atoms with van der Waals surface area (Å²) < 4.78 is 13.3. The van der Waals surface area contributed by atoms with E-state index in [2.05, 4.69) is 9.97 Å². The summed E-state index contributed by atoms with van der Waals surface area (Å²) in [4.78, 5) is 7.59. The Morgan fingerprint density at radius 2 is 2.06 bits per heavy atom. The number of hydrogen-bond acceptors (Lipinski definition) is 1. The standard InChI is InChI=1S/C14H10ClFN2/c1-8-5-6-9(16)7-10(8)14-17-12-4-2-3-11(15)13(12)18-14/h2-7H,1H3,(H,17,18). The number of hydrogen-bond donors (Lipinski definition) is 1. The first-order valence-electron chi connectivity index (χ1n) is 5.56. The van der Waals surface area contributed by atoms with Gasteiger partial charge >= 0.3 is 0 Å². The molecule has 0 amide bonds. The molecule has 0 saturated carbocycles. The van der Waals surface area contributed by atoms with Crippen molar-refractivity contribution in [1.82, 2.24) is 9.97 Å². The third-order valence-corrected chi connectivity index (χ3v) is 3.22. The summed E-state index contributed by atoms with van der Waals surface area (Å²) in [5, 5.41) is 0.587. The van der Waals surface area contributed by atoms with Crippen LogP contribution in [0, 0.1) is 12.7 Å². The first-order valence-corrected chi connectivity index (χ1v) is 5.94. The van der Waals surface area contributed by atoms with Crippen LogP contribution in [0.2, 0.25) is 5.02 Å². The largest absolute Gasteiger partial charge is 0.338 e. The van der Waals surface area contributed by atoms with Crippen molar-refractivity contribution in [3.05, 3.63) is 52.8 Å². The van der Waals surface area contributed by atoms with Gasteiger partial charge in [-0.2, -0.15) is 0 Å². The van der Waals surface area contributed by atoms with E-state index < -0.39 is 0 Å². The number of benzene rings is 2. The zero-order valence-electron chi connectivity index (χ0n) is 9.67. The van der Waals surface area contributed by atoms with Gasteiger partial charge in [0.15, 0.2) is 0 Å². The number of halogens is 2. The van der Waals surface area contributed by atoms with Crippen molar-refractivity contribution in [2.75, 3.05) is 0 Å². The van der Waals surface area contributed by atoms with Gasteiger partial charge in [-0.3, -0.25) is 0 Å². The van der Waals surface area contributed by atoms with Crippen LogP contribution in [0.25, 0.3) is 22.4 Å². The van der Waals surface area contributed by atoms with Crippen LogP contribution >= 0.6 is 11.6 Å². The van der Waals surface area contributed by atoms with Crippen LogP contribution in [0.15, 0.2) is 36.4 Å². The fourth-order valence-electron chi connectivity index (χ4n) is 1.97. The van der Waals surface area contributed by atoms with E-state index in [4.69, 9.17) is 11.6 Å². The van der Waals surface area contributed by atoms with Crippen LogP contribution in [-0.4, -0.2) is 9.97 Å². The Morgan fingerprint density at radius 1 is 1.22 bits per heavy atom. The molecule has 0 saturated heterocycles. The quantitative estimate of drug-likeness (QED) is 0.693. The summed E-state index contributed by atoms with van der Waals surface area (Å²) in [5.74, 6) is 0.359. The van der Waals surface area contributed by atoms with E-state index >= 15 is 0 Å². The molecular weight excluding hydrogens is 251 g/mol. The van der Waals surface area contributed by atoms with Gasteiger partial charge < -0.3 is 4.98 Å². The summed E-state index contributed by atoms with van der Waals surface area (Å²) in [6.45, 7) is 1.92. The van der Waals surface area contributed by atoms with E-state index in [1.807, 2.05) is 19.1 Å². The highest BCUT2D eigenvalue weighted by Crippen LogP contribution is 2.27. The molecule has 0 aliphatic rings. The Balaban J connectivity index is 2.26. The van der Waals surface area contributed by atoms with Crippen LogP contribution in [-0.2, 0) is 0 Å². The summed E-state index contributed by atoms with van der Waals surface area (Å²) in [6.07, 6.45) is 0. The van der Waals surface area contributed by atoms with Crippen LogP contribution < -0.4 is 0 Å². The molecule has 0 unspecified atom stereocenters. The highest BCUT2D eigenvalue weighted by atomic mass is 35.5. The summed E-state index contributed by atoms with van der Waals surface area (Å²) in [7, 11) is 0. The monoisotopic (exact) mass is 260 g/mol. The van der Waals surface area contributed by atoms with E-state index in [-0.39, 0.29) is 5.82 Å². The van der Waals surface area contributed by atoms with Crippen molar-refractivity contribution in [1.29, 1.82) is 0 Å². The number of para-hydroxylation sites is 1. The summed E-state index contributed by atoms with van der Waals surface area (Å²) in [6, 6.07) is 10.2. The first-order chi connectivity index (χ1) is 8.65. The molecule has 0 fully saturated rings. The number of nitrogens with one attached hydrogen (secondary N) is 1. The normalized spacial score (nSPS) is 11.1. The predicted molar refractivity (Wildman–Crippen MR) is 71.2 cm³/mol. The molecule has 0 spiro atoms. The van der Waals surface area contributed by atoms with Gasteiger partial charge in [0.1, 0.15) is 17.2 Å². The van der Waals surface area contributed by atoms with Crippen molar-refractivity contribution in [3.8, 4) is 11.4 Å². The minimum atomic E-state index is -0.276. The fourth-order valence-corrected chi connectivity index (χ4v) is 2.19. The molecule has 0 bridgehead atoms. The lowest BCUT2D eigenvalue weighted by Crippen LogP contribution is -1.87. The maximum absolute atomic E-state index is 13.3. The van der Waals surface area contributed by atoms with E-state index in [1.54, 1.807) is 12.1 Å². The maximum atomic E-state index is 13.3. The Hall–Kier alpha value is -1.87. The summed E-state index contributed by atoms with van der Waals surface area (Å²) in [5.41, 5.74) is 3.27. The van der Waals surface area contributed by atoms with Gasteiger partial charge in [0.05, 0.1) is 10.5 Å². The van der Waals surface area contributed by atoms with E-state index in [0.29, 0.717) is 16.4 Å². The molecule has 1 aromatic heterocycles. The lowest BCUT2D eigenvalue weighted by Gasteiger charge is -2.01. The smallest absolute Gasteiger partial charge is 0.138 e. The number of imidazole rings is 1. The molecule has 2 nitrogen and oxygen atoms in total. The third-order valence-electron chi connectivity index (χ3n) is 2.92. The maximum Gasteiger partial charge on any atom is 0.138 e. The Kier molecular flexibility index (Phi) is 2.56. The third kappa shape index (κ3) is 1.77. The number of aryl methyl sites for hydroxylation is 1. The lowest BCUT2D eigenvalue weighted by atomic mass is 10.1. The molecule has 2 aromatic carbocycles. The lowest BCUT2D eigenvalue weighted by molar-refractivity contribution is 0.628. The van der Waals surface area contributed by atoms with Gasteiger partial charge in [0.25, 0.3) is 0 Å². The van der Waals surface area contributed by atoms with Gasteiger partial charge in [-0.05, 0) is 36.8 Å². The second kappa shape index (κ2) is 4.10. The van der Waals surface area contributed by atoms with Gasteiger partial charge in [0.2, 0.25) is 0 Å². The highest BCUT2D eigenvalue weighted by Gasteiger charge is 2.10. The van der Waals surface area contributed by atoms with E-state index in [9.17, 15) is 4.39 Å². The van der Waals surface area contributed by atoms with Crippen LogP contribution in [0.5, 0.6) is 0 Å². The number of H-pyrrole nitrogens is 1. The van der Waals surface area contributed by atoms with Crippen LogP contribution in [0.3, 0.4) is 0 Å². The molecule has 18 heavy (non-hydrogen) atoms. The minimum absolute atomic E-state index is 0.276. The molecule has 0 aliphatic heterocycles. The minimum Gasteiger partial charge on any atom is -0.338 e. The second-order valence-electron chi connectivity index (χ2n) is 4.18. The Morgan fingerprint density at radius 3 is 2.83 bits per heavy atom. The van der Waals surface area contributed by atoms with Crippen LogP contribution in [0.4, 0.5) is 4.39 Å². The molecule has 0 atom stereocenters. The zero-order valence-corrected chi connectivity index (χ0v) is 10.4. The molecule has 3 aromatic rings. The average molecular weight is 261 g/mol. The second-order valence-corrected chi connectivity index (χ2v) is 4.59.